The van der Waals surface area contributed by atoms with Crippen LogP contribution in [0.1, 0.15) is 5.56 Å². The fraction of sp³-hybridized carbons (Fsp3) is 0.0455. The van der Waals surface area contributed by atoms with E-state index in [-0.39, 0.29) is 5.57 Å². The zero-order valence-electron chi connectivity index (χ0n) is 15.0. The van der Waals surface area contributed by atoms with E-state index in [0.29, 0.717) is 17.0 Å². The van der Waals surface area contributed by atoms with Crippen LogP contribution in [0.5, 0.6) is 5.75 Å². The summed E-state index contributed by atoms with van der Waals surface area (Å²) >= 11 is 0. The Hall–Kier alpha value is -3.93. The van der Waals surface area contributed by atoms with E-state index in [9.17, 15) is 14.4 Å². The Morgan fingerprint density at radius 1 is 0.893 bits per heavy atom. The Bertz CT molecular complexity index is 1140. The molecule has 0 unspecified atom stereocenters. The van der Waals surface area contributed by atoms with Crippen molar-refractivity contribution < 1.29 is 19.1 Å². The van der Waals surface area contributed by atoms with E-state index < -0.39 is 17.8 Å². The number of nitrogens with one attached hydrogen (secondary N) is 1. The van der Waals surface area contributed by atoms with Crippen molar-refractivity contribution in [3.8, 4) is 5.75 Å². The molecule has 0 aromatic heterocycles. The fourth-order valence-electron chi connectivity index (χ4n) is 3.22. The molecule has 4 rings (SSSR count). The van der Waals surface area contributed by atoms with Gasteiger partial charge in [-0.05, 0) is 35.0 Å². The number of para-hydroxylation sites is 1. The van der Waals surface area contributed by atoms with Crippen molar-refractivity contribution >= 4 is 40.4 Å². The molecule has 0 aliphatic carbocycles. The molecule has 1 N–H and O–H groups in total. The summed E-state index contributed by atoms with van der Waals surface area (Å²) in [6, 6.07) is 18.9. The number of hydrogen-bond donors (Lipinski definition) is 1. The molecular weight excluding hydrogens is 356 g/mol. The topological polar surface area (TPSA) is 75.7 Å². The maximum absolute atomic E-state index is 13.0. The Labute approximate surface area is 161 Å². The molecule has 1 aliphatic heterocycles. The summed E-state index contributed by atoms with van der Waals surface area (Å²) in [5.41, 5.74) is 0.841. The smallest absolute Gasteiger partial charge is 0.335 e. The van der Waals surface area contributed by atoms with Crippen molar-refractivity contribution in [2.45, 2.75) is 0 Å². The number of carbonyl (C=O) groups is 3. The predicted molar refractivity (Wildman–Crippen MR) is 106 cm³/mol. The number of benzene rings is 3. The lowest BCUT2D eigenvalue weighted by Gasteiger charge is -2.26. The molecule has 1 saturated heterocycles. The molecule has 1 aliphatic rings. The van der Waals surface area contributed by atoms with Crippen LogP contribution in [0, 0.1) is 0 Å². The molecule has 0 atom stereocenters. The van der Waals surface area contributed by atoms with Crippen molar-refractivity contribution in [2.75, 3.05) is 12.0 Å². The first-order valence-electron chi connectivity index (χ1n) is 8.62. The molecule has 28 heavy (non-hydrogen) atoms. The summed E-state index contributed by atoms with van der Waals surface area (Å²) in [6.45, 7) is 0. The lowest BCUT2D eigenvalue weighted by atomic mass is 9.99. The number of urea groups is 1. The van der Waals surface area contributed by atoms with Crippen LogP contribution in [0.2, 0.25) is 0 Å². The van der Waals surface area contributed by atoms with Crippen LogP contribution < -0.4 is 15.0 Å². The van der Waals surface area contributed by atoms with Crippen molar-refractivity contribution in [3.05, 3.63) is 77.9 Å². The Morgan fingerprint density at radius 3 is 2.36 bits per heavy atom. The number of rotatable bonds is 3. The number of imide groups is 2. The SMILES string of the molecule is COc1ccc2ccccc2c1C=C1C(=O)NC(=O)N(c2ccccc2)C1=O. The number of nitrogens with zero attached hydrogens (tertiary/aromatic N) is 1. The van der Waals surface area contributed by atoms with Crippen molar-refractivity contribution in [1.29, 1.82) is 0 Å². The minimum Gasteiger partial charge on any atom is -0.496 e. The summed E-state index contributed by atoms with van der Waals surface area (Å²) in [6.07, 6.45) is 1.47. The fourth-order valence-corrected chi connectivity index (χ4v) is 3.22. The van der Waals surface area contributed by atoms with E-state index in [0.717, 1.165) is 15.7 Å². The van der Waals surface area contributed by atoms with Crippen molar-refractivity contribution in [3.63, 3.8) is 0 Å². The van der Waals surface area contributed by atoms with Gasteiger partial charge in [0.15, 0.2) is 0 Å². The third-order valence-corrected chi connectivity index (χ3v) is 4.56. The molecule has 1 heterocycles. The van der Waals surface area contributed by atoms with Gasteiger partial charge in [0.05, 0.1) is 12.8 Å². The first-order chi connectivity index (χ1) is 13.6. The van der Waals surface area contributed by atoms with Crippen molar-refractivity contribution in [1.82, 2.24) is 5.32 Å². The zero-order valence-corrected chi connectivity index (χ0v) is 15.0. The molecule has 1 fully saturated rings. The van der Waals surface area contributed by atoms with Gasteiger partial charge in [-0.2, -0.15) is 0 Å². The predicted octanol–water partition coefficient (Wildman–Crippen LogP) is 3.51. The molecule has 0 radical (unpaired) electrons. The van der Waals surface area contributed by atoms with E-state index in [4.69, 9.17) is 4.74 Å². The molecule has 3 aromatic carbocycles. The molecule has 3 aromatic rings. The summed E-state index contributed by atoms with van der Waals surface area (Å²) in [7, 11) is 1.52. The third kappa shape index (κ3) is 2.91. The zero-order chi connectivity index (χ0) is 19.7. The van der Waals surface area contributed by atoms with Gasteiger partial charge in [0.1, 0.15) is 11.3 Å². The third-order valence-electron chi connectivity index (χ3n) is 4.56. The van der Waals surface area contributed by atoms with Gasteiger partial charge in [0.25, 0.3) is 11.8 Å². The Morgan fingerprint density at radius 2 is 1.61 bits per heavy atom. The quantitative estimate of drug-likeness (QED) is 0.564. The van der Waals surface area contributed by atoms with Crippen LogP contribution >= 0.6 is 0 Å². The van der Waals surface area contributed by atoms with E-state index in [2.05, 4.69) is 5.32 Å². The molecule has 0 bridgehead atoms. The van der Waals surface area contributed by atoms with Gasteiger partial charge in [-0.25, -0.2) is 9.69 Å². The van der Waals surface area contributed by atoms with Gasteiger partial charge >= 0.3 is 6.03 Å². The van der Waals surface area contributed by atoms with Crippen LogP contribution in [0.25, 0.3) is 16.8 Å². The molecule has 138 valence electrons. The largest absolute Gasteiger partial charge is 0.496 e. The van der Waals surface area contributed by atoms with E-state index >= 15 is 0 Å². The molecular formula is C22H16N2O4. The number of carbonyl (C=O) groups excluding carboxylic acids is 3. The number of methoxy groups -OCH3 is 1. The van der Waals surface area contributed by atoms with E-state index in [1.807, 2.05) is 30.3 Å². The van der Waals surface area contributed by atoms with Gasteiger partial charge in [0.2, 0.25) is 0 Å². The Kier molecular flexibility index (Phi) is 4.37. The minimum absolute atomic E-state index is 0.141. The van der Waals surface area contributed by atoms with Crippen molar-refractivity contribution in [2.24, 2.45) is 0 Å². The molecule has 0 saturated carbocycles. The lowest BCUT2D eigenvalue weighted by Crippen LogP contribution is -2.54. The maximum atomic E-state index is 13.0. The van der Waals surface area contributed by atoms with Gasteiger partial charge < -0.3 is 4.74 Å². The normalized spacial score (nSPS) is 15.8. The Balaban J connectivity index is 1.87. The highest BCUT2D eigenvalue weighted by atomic mass is 16.5. The minimum atomic E-state index is -0.775. The summed E-state index contributed by atoms with van der Waals surface area (Å²) in [5.74, 6) is -0.901. The van der Waals surface area contributed by atoms with Crippen LogP contribution in [-0.2, 0) is 9.59 Å². The highest BCUT2D eigenvalue weighted by Gasteiger charge is 2.37. The monoisotopic (exact) mass is 372 g/mol. The van der Waals surface area contributed by atoms with Gasteiger partial charge in [-0.1, -0.05) is 48.5 Å². The number of amides is 4. The summed E-state index contributed by atoms with van der Waals surface area (Å²) < 4.78 is 5.43. The first-order valence-corrected chi connectivity index (χ1v) is 8.62. The van der Waals surface area contributed by atoms with Gasteiger partial charge in [0, 0.05) is 5.56 Å². The number of hydrogen-bond acceptors (Lipinski definition) is 4. The van der Waals surface area contributed by atoms with Crippen LogP contribution in [-0.4, -0.2) is 25.0 Å². The summed E-state index contributed by atoms with van der Waals surface area (Å²) in [4.78, 5) is 38.7. The standard InChI is InChI=1S/C22H16N2O4/c1-28-19-12-11-14-7-5-6-10-16(14)17(19)13-18-20(25)23-22(27)24(21(18)26)15-8-3-2-4-9-15/h2-13H,1H3,(H,23,25,27). The van der Waals surface area contributed by atoms with Crippen LogP contribution in [0.15, 0.2) is 72.3 Å². The molecule has 6 heteroatoms. The number of anilines is 1. The maximum Gasteiger partial charge on any atom is 0.335 e. The second kappa shape index (κ2) is 7.00. The van der Waals surface area contributed by atoms with E-state index in [1.165, 1.54) is 13.2 Å². The molecule has 4 amide bonds. The van der Waals surface area contributed by atoms with Crippen LogP contribution in [0.3, 0.4) is 0 Å². The number of fused-ring (bicyclic) bond motifs is 1. The second-order valence-electron chi connectivity index (χ2n) is 6.20. The molecule has 6 nitrogen and oxygen atoms in total. The van der Waals surface area contributed by atoms with Gasteiger partial charge in [-0.3, -0.25) is 14.9 Å². The second-order valence-corrected chi connectivity index (χ2v) is 6.20. The molecule has 0 spiro atoms. The highest BCUT2D eigenvalue weighted by Crippen LogP contribution is 2.31. The summed E-state index contributed by atoms with van der Waals surface area (Å²) in [5, 5.41) is 4.00. The highest BCUT2D eigenvalue weighted by molar-refractivity contribution is 6.39. The average Bonchev–Trinajstić information content (AvgIpc) is 2.71. The van der Waals surface area contributed by atoms with Gasteiger partial charge in [-0.15, -0.1) is 0 Å². The number of ether oxygens (including phenoxy) is 1. The number of barbiturate groups is 1. The first kappa shape index (κ1) is 17.5. The lowest BCUT2D eigenvalue weighted by molar-refractivity contribution is -0.122. The van der Waals surface area contributed by atoms with E-state index in [1.54, 1.807) is 36.4 Å². The average molecular weight is 372 g/mol. The van der Waals surface area contributed by atoms with Crippen LogP contribution in [0.4, 0.5) is 10.5 Å².